The van der Waals surface area contributed by atoms with Crippen LogP contribution in [-0.2, 0) is 0 Å². The fourth-order valence-electron chi connectivity index (χ4n) is 3.05. The quantitative estimate of drug-likeness (QED) is 0.746. The van der Waals surface area contributed by atoms with Crippen molar-refractivity contribution < 1.29 is 5.11 Å². The molecule has 2 heteroatoms. The minimum atomic E-state index is -0.474. The van der Waals surface area contributed by atoms with Crippen molar-refractivity contribution in [2.75, 3.05) is 19.6 Å². The first kappa shape index (κ1) is 10.4. The lowest BCUT2D eigenvalue weighted by Crippen LogP contribution is -2.39. The molecule has 2 fully saturated rings. The molecule has 0 aromatic carbocycles. The van der Waals surface area contributed by atoms with Crippen molar-refractivity contribution in [1.29, 1.82) is 0 Å². The van der Waals surface area contributed by atoms with E-state index in [2.05, 4.69) is 11.8 Å². The van der Waals surface area contributed by atoms with Gasteiger partial charge in [-0.1, -0.05) is 13.3 Å². The molecular formula is C12H23NO. The van der Waals surface area contributed by atoms with Crippen LogP contribution in [0, 0.1) is 11.8 Å². The minimum absolute atomic E-state index is 0.474. The average molecular weight is 197 g/mol. The molecule has 14 heavy (non-hydrogen) atoms. The summed E-state index contributed by atoms with van der Waals surface area (Å²) in [7, 11) is 0. The Labute approximate surface area is 87.3 Å². The monoisotopic (exact) mass is 197 g/mol. The Balaban J connectivity index is 1.84. The van der Waals surface area contributed by atoms with Gasteiger partial charge in [0.2, 0.25) is 0 Å². The van der Waals surface area contributed by atoms with Crippen LogP contribution in [0.3, 0.4) is 0 Å². The van der Waals surface area contributed by atoms with Crippen LogP contribution in [-0.4, -0.2) is 35.2 Å². The number of likely N-dealkylation sites (tertiary alicyclic amines) is 1. The molecule has 1 N–H and O–H groups in total. The molecule has 1 aliphatic heterocycles. The van der Waals surface area contributed by atoms with Gasteiger partial charge in [-0.15, -0.1) is 0 Å². The maximum Gasteiger partial charge on any atom is 0.0743 e. The van der Waals surface area contributed by atoms with Crippen LogP contribution in [0.5, 0.6) is 0 Å². The summed E-state index contributed by atoms with van der Waals surface area (Å²) in [6.07, 6.45) is 5.15. The van der Waals surface area contributed by atoms with E-state index < -0.39 is 5.60 Å². The minimum Gasteiger partial charge on any atom is -0.389 e. The average Bonchev–Trinajstić information content (AvgIpc) is 2.63. The van der Waals surface area contributed by atoms with Gasteiger partial charge in [0.25, 0.3) is 0 Å². The van der Waals surface area contributed by atoms with Crippen LogP contribution in [0.1, 0.15) is 39.5 Å². The van der Waals surface area contributed by atoms with Crippen LogP contribution in [0.4, 0.5) is 0 Å². The van der Waals surface area contributed by atoms with E-state index in [9.17, 15) is 5.11 Å². The number of hydrogen-bond acceptors (Lipinski definition) is 2. The van der Waals surface area contributed by atoms with Gasteiger partial charge in [0.05, 0.1) is 5.60 Å². The lowest BCUT2D eigenvalue weighted by Gasteiger charge is -2.28. The molecule has 0 spiro atoms. The molecule has 1 saturated carbocycles. The summed E-state index contributed by atoms with van der Waals surface area (Å²) in [6.45, 7) is 7.37. The lowest BCUT2D eigenvalue weighted by atomic mass is 10.0. The van der Waals surface area contributed by atoms with Crippen LogP contribution in [0.25, 0.3) is 0 Å². The van der Waals surface area contributed by atoms with Gasteiger partial charge in [0.1, 0.15) is 0 Å². The first-order valence-electron chi connectivity index (χ1n) is 6.05. The van der Waals surface area contributed by atoms with Crippen LogP contribution in [0.2, 0.25) is 0 Å². The van der Waals surface area contributed by atoms with E-state index in [4.69, 9.17) is 0 Å². The Bertz CT molecular complexity index is 190. The normalized spacial score (nSPS) is 37.1. The zero-order chi connectivity index (χ0) is 10.2. The molecule has 82 valence electrons. The van der Waals surface area contributed by atoms with Gasteiger partial charge in [0, 0.05) is 19.6 Å². The molecule has 3 unspecified atom stereocenters. The third-order valence-electron chi connectivity index (χ3n) is 4.13. The Morgan fingerprint density at radius 2 is 1.86 bits per heavy atom. The molecule has 0 radical (unpaired) electrons. The standard InChI is InChI=1S/C12H23NO/c1-3-12(2,14)9-13-7-10-5-4-6-11(10)8-13/h10-11,14H,3-9H2,1-2H3. The molecule has 1 saturated heterocycles. The largest absolute Gasteiger partial charge is 0.389 e. The predicted molar refractivity (Wildman–Crippen MR) is 58.2 cm³/mol. The van der Waals surface area contributed by atoms with Crippen molar-refractivity contribution in [2.45, 2.75) is 45.1 Å². The van der Waals surface area contributed by atoms with Gasteiger partial charge in [-0.05, 0) is 38.0 Å². The van der Waals surface area contributed by atoms with E-state index >= 15 is 0 Å². The number of fused-ring (bicyclic) bond motifs is 1. The fraction of sp³-hybridized carbons (Fsp3) is 1.00. The van der Waals surface area contributed by atoms with Crippen molar-refractivity contribution in [1.82, 2.24) is 4.90 Å². The summed E-state index contributed by atoms with van der Waals surface area (Å²) >= 11 is 0. The van der Waals surface area contributed by atoms with E-state index in [0.29, 0.717) is 0 Å². The first-order chi connectivity index (χ1) is 6.61. The molecule has 2 aliphatic rings. The maximum atomic E-state index is 10.0. The van der Waals surface area contributed by atoms with Gasteiger partial charge >= 0.3 is 0 Å². The summed E-state index contributed by atoms with van der Waals surface area (Å²) in [5, 5.41) is 10.0. The smallest absolute Gasteiger partial charge is 0.0743 e. The highest BCUT2D eigenvalue weighted by Gasteiger charge is 2.37. The summed E-state index contributed by atoms with van der Waals surface area (Å²) in [4.78, 5) is 2.47. The molecule has 0 bridgehead atoms. The molecule has 3 atom stereocenters. The highest BCUT2D eigenvalue weighted by atomic mass is 16.3. The SMILES string of the molecule is CCC(C)(O)CN1CC2CCCC2C1. The summed E-state index contributed by atoms with van der Waals surface area (Å²) in [5.74, 6) is 1.89. The number of nitrogens with zero attached hydrogens (tertiary/aromatic N) is 1. The predicted octanol–water partition coefficient (Wildman–Crippen LogP) is 1.88. The van der Waals surface area contributed by atoms with E-state index in [1.54, 1.807) is 0 Å². The molecule has 1 heterocycles. The zero-order valence-corrected chi connectivity index (χ0v) is 9.50. The van der Waals surface area contributed by atoms with Gasteiger partial charge in [-0.2, -0.15) is 0 Å². The Kier molecular flexibility index (Phi) is 2.85. The van der Waals surface area contributed by atoms with Gasteiger partial charge in [0.15, 0.2) is 0 Å². The summed E-state index contributed by atoms with van der Waals surface area (Å²) < 4.78 is 0. The number of rotatable bonds is 3. The van der Waals surface area contributed by atoms with Crippen LogP contribution in [0.15, 0.2) is 0 Å². The van der Waals surface area contributed by atoms with E-state index in [1.807, 2.05) is 6.92 Å². The Morgan fingerprint density at radius 3 is 2.36 bits per heavy atom. The van der Waals surface area contributed by atoms with Gasteiger partial charge < -0.3 is 5.11 Å². The number of β-amino-alcohol motifs (C(OH)–C–C–N with tert-alkyl or cyclic N) is 1. The molecule has 1 aliphatic carbocycles. The van der Waals surface area contributed by atoms with E-state index in [1.165, 1.54) is 32.4 Å². The molecule has 0 aromatic heterocycles. The molecular weight excluding hydrogens is 174 g/mol. The summed E-state index contributed by atoms with van der Waals surface area (Å²) in [6, 6.07) is 0. The van der Waals surface area contributed by atoms with E-state index in [-0.39, 0.29) is 0 Å². The van der Waals surface area contributed by atoms with Crippen LogP contribution < -0.4 is 0 Å². The van der Waals surface area contributed by atoms with Crippen molar-refractivity contribution in [3.63, 3.8) is 0 Å². The van der Waals surface area contributed by atoms with Gasteiger partial charge in [-0.25, -0.2) is 0 Å². The third-order valence-corrected chi connectivity index (χ3v) is 4.13. The molecule has 2 nitrogen and oxygen atoms in total. The van der Waals surface area contributed by atoms with Crippen molar-refractivity contribution in [3.05, 3.63) is 0 Å². The van der Waals surface area contributed by atoms with Crippen molar-refractivity contribution in [2.24, 2.45) is 11.8 Å². The fourth-order valence-corrected chi connectivity index (χ4v) is 3.05. The Morgan fingerprint density at radius 1 is 1.29 bits per heavy atom. The zero-order valence-electron chi connectivity index (χ0n) is 9.50. The molecule has 0 aromatic rings. The molecule has 2 rings (SSSR count). The van der Waals surface area contributed by atoms with Crippen molar-refractivity contribution in [3.8, 4) is 0 Å². The summed E-state index contributed by atoms with van der Waals surface area (Å²) in [5.41, 5.74) is -0.474. The van der Waals surface area contributed by atoms with Gasteiger partial charge in [-0.3, -0.25) is 4.90 Å². The topological polar surface area (TPSA) is 23.5 Å². The molecule has 0 amide bonds. The maximum absolute atomic E-state index is 10.0. The Hall–Kier alpha value is -0.0800. The van der Waals surface area contributed by atoms with E-state index in [0.717, 1.165) is 24.8 Å². The lowest BCUT2D eigenvalue weighted by molar-refractivity contribution is 0.0210. The highest BCUT2D eigenvalue weighted by Crippen LogP contribution is 2.38. The van der Waals surface area contributed by atoms with Crippen LogP contribution >= 0.6 is 0 Å². The van der Waals surface area contributed by atoms with Crippen molar-refractivity contribution >= 4 is 0 Å². The second-order valence-electron chi connectivity index (χ2n) is 5.50. The first-order valence-corrected chi connectivity index (χ1v) is 6.05. The second kappa shape index (κ2) is 3.82. The highest BCUT2D eigenvalue weighted by molar-refractivity contribution is 4.90. The third kappa shape index (κ3) is 2.12. The number of hydrogen-bond donors (Lipinski definition) is 1. The second-order valence-corrected chi connectivity index (χ2v) is 5.50. The number of aliphatic hydroxyl groups is 1.